The van der Waals surface area contributed by atoms with Crippen molar-refractivity contribution in [3.8, 4) is 0 Å². The fourth-order valence-electron chi connectivity index (χ4n) is 4.99. The quantitative estimate of drug-likeness (QED) is 0.111. The molecule has 5 heteroatoms. The summed E-state index contributed by atoms with van der Waals surface area (Å²) in [4.78, 5) is 28.9. The molecule has 0 amide bonds. The Morgan fingerprint density at radius 2 is 1.34 bits per heavy atom. The molecule has 0 atom stereocenters. The summed E-state index contributed by atoms with van der Waals surface area (Å²) in [6, 6.07) is 6.80. The molecule has 38 heavy (non-hydrogen) atoms. The van der Waals surface area contributed by atoms with E-state index >= 15 is 0 Å². The molecule has 0 aromatic heterocycles. The van der Waals surface area contributed by atoms with Crippen molar-refractivity contribution in [3.05, 3.63) is 41.2 Å². The molecule has 0 saturated carbocycles. The van der Waals surface area contributed by atoms with E-state index in [4.69, 9.17) is 4.74 Å². The fraction of sp³-hybridized carbons (Fsp3) is 0.667. The third-order valence-electron chi connectivity index (χ3n) is 7.32. The first-order valence-electron chi connectivity index (χ1n) is 15.1. The van der Waals surface area contributed by atoms with Gasteiger partial charge in [0.25, 0.3) is 0 Å². The number of rotatable bonds is 19. The number of aliphatic hydroxyl groups is 1. The first-order chi connectivity index (χ1) is 18.3. The smallest absolute Gasteiger partial charge is 0.338 e. The lowest BCUT2D eigenvalue weighted by atomic mass is 9.77. The lowest BCUT2D eigenvalue weighted by Crippen LogP contribution is -2.26. The van der Waals surface area contributed by atoms with Crippen LogP contribution in [0.4, 0.5) is 5.69 Å². The Hall–Kier alpha value is -2.43. The number of aliphatic imine (C=N–C) groups is 1. The highest BCUT2D eigenvalue weighted by atomic mass is 16.5. The van der Waals surface area contributed by atoms with Crippen molar-refractivity contribution in [2.45, 2.75) is 130 Å². The van der Waals surface area contributed by atoms with Crippen molar-refractivity contribution in [2.75, 3.05) is 6.61 Å². The van der Waals surface area contributed by atoms with E-state index in [1.54, 1.807) is 24.3 Å². The van der Waals surface area contributed by atoms with E-state index in [1.165, 1.54) is 89.7 Å². The van der Waals surface area contributed by atoms with Crippen molar-refractivity contribution in [1.82, 2.24) is 0 Å². The van der Waals surface area contributed by atoms with E-state index in [0.717, 1.165) is 12.8 Å². The maximum absolute atomic E-state index is 12.3. The summed E-state index contributed by atoms with van der Waals surface area (Å²) in [5.74, 6) is -0.327. The third kappa shape index (κ3) is 12.9. The molecule has 1 aliphatic carbocycles. The van der Waals surface area contributed by atoms with Crippen LogP contribution in [0.25, 0.3) is 0 Å². The summed E-state index contributed by atoms with van der Waals surface area (Å²) in [6.07, 6.45) is 21.9. The second kappa shape index (κ2) is 18.0. The van der Waals surface area contributed by atoms with Gasteiger partial charge in [0.1, 0.15) is 5.76 Å². The van der Waals surface area contributed by atoms with Crippen LogP contribution >= 0.6 is 0 Å². The molecule has 0 radical (unpaired) electrons. The van der Waals surface area contributed by atoms with Crippen LogP contribution in [0.1, 0.15) is 140 Å². The Bertz CT molecular complexity index is 898. The zero-order valence-corrected chi connectivity index (χ0v) is 24.2. The Morgan fingerprint density at radius 3 is 1.84 bits per heavy atom. The van der Waals surface area contributed by atoms with Crippen LogP contribution in [0.5, 0.6) is 0 Å². The number of nitrogens with zero attached hydrogens (tertiary/aromatic N) is 1. The van der Waals surface area contributed by atoms with E-state index in [0.29, 0.717) is 30.7 Å². The zero-order chi connectivity index (χ0) is 27.6. The molecule has 0 saturated heterocycles. The molecule has 0 fully saturated rings. The number of aliphatic hydroxyl groups excluding tert-OH is 1. The number of ketones is 1. The largest absolute Gasteiger partial charge is 0.511 e. The standard InChI is InChI=1S/C33H51NO4/c1-4-5-6-7-8-9-10-11-12-13-14-15-16-17-18-23-38-32(37)27-19-21-28(22-20-27)34-26-29-30(35)24-33(2,3)25-31(29)36/h19-22,26,35H,4-18,23-25H2,1-3H3. The van der Waals surface area contributed by atoms with Gasteiger partial charge >= 0.3 is 5.97 Å². The molecular formula is C33H51NO4. The van der Waals surface area contributed by atoms with Gasteiger partial charge in [-0.2, -0.15) is 0 Å². The lowest BCUT2D eigenvalue weighted by molar-refractivity contribution is -0.117. The van der Waals surface area contributed by atoms with Gasteiger partial charge in [-0.25, -0.2) is 4.79 Å². The number of benzene rings is 1. The van der Waals surface area contributed by atoms with E-state index in [9.17, 15) is 14.7 Å². The van der Waals surface area contributed by atoms with Gasteiger partial charge in [0, 0.05) is 19.1 Å². The second-order valence-corrected chi connectivity index (χ2v) is 11.7. The Kier molecular flexibility index (Phi) is 15.0. The van der Waals surface area contributed by atoms with Crippen LogP contribution in [0.2, 0.25) is 0 Å². The van der Waals surface area contributed by atoms with Gasteiger partial charge < -0.3 is 9.84 Å². The van der Waals surface area contributed by atoms with Crippen molar-refractivity contribution >= 4 is 23.7 Å². The number of carbonyl (C=O) groups excluding carboxylic acids is 2. The normalized spacial score (nSPS) is 15.4. The van der Waals surface area contributed by atoms with Gasteiger partial charge in [0.15, 0.2) is 5.78 Å². The molecule has 0 heterocycles. The number of carbonyl (C=O) groups is 2. The van der Waals surface area contributed by atoms with Crippen molar-refractivity contribution in [2.24, 2.45) is 10.4 Å². The minimum absolute atomic E-state index is 0.0917. The average Bonchev–Trinajstić information content (AvgIpc) is 2.87. The average molecular weight is 526 g/mol. The SMILES string of the molecule is CCCCCCCCCCCCCCCCCOC(=O)c1ccc(N=CC2=C(O)CC(C)(C)CC2=O)cc1. The molecule has 2 rings (SSSR count). The van der Waals surface area contributed by atoms with Crippen LogP contribution in [0.15, 0.2) is 40.6 Å². The van der Waals surface area contributed by atoms with Crippen LogP contribution in [-0.2, 0) is 9.53 Å². The molecule has 212 valence electrons. The molecule has 0 spiro atoms. The van der Waals surface area contributed by atoms with E-state index in [1.807, 2.05) is 13.8 Å². The summed E-state index contributed by atoms with van der Waals surface area (Å²) in [5, 5.41) is 10.2. The molecule has 1 aromatic carbocycles. The van der Waals surface area contributed by atoms with Gasteiger partial charge in [0.05, 0.1) is 23.4 Å². The predicted molar refractivity (Wildman–Crippen MR) is 157 cm³/mol. The summed E-state index contributed by atoms with van der Waals surface area (Å²) in [7, 11) is 0. The maximum Gasteiger partial charge on any atom is 0.338 e. The van der Waals surface area contributed by atoms with E-state index in [2.05, 4.69) is 11.9 Å². The van der Waals surface area contributed by atoms with Gasteiger partial charge in [-0.05, 0) is 36.1 Å². The molecule has 1 aromatic rings. The van der Waals surface area contributed by atoms with Crippen LogP contribution < -0.4 is 0 Å². The van der Waals surface area contributed by atoms with Gasteiger partial charge in [0.2, 0.25) is 0 Å². The number of Topliss-reactive ketones (excluding diaryl/α,β-unsaturated/α-hetero) is 1. The van der Waals surface area contributed by atoms with Crippen molar-refractivity contribution in [1.29, 1.82) is 0 Å². The highest BCUT2D eigenvalue weighted by molar-refractivity contribution is 6.14. The highest BCUT2D eigenvalue weighted by Crippen LogP contribution is 2.35. The molecule has 5 nitrogen and oxygen atoms in total. The number of esters is 1. The Morgan fingerprint density at radius 1 is 0.842 bits per heavy atom. The molecule has 0 bridgehead atoms. The van der Waals surface area contributed by atoms with Gasteiger partial charge in [-0.3, -0.25) is 9.79 Å². The predicted octanol–water partition coefficient (Wildman–Crippen LogP) is 9.62. The summed E-state index contributed by atoms with van der Waals surface area (Å²) >= 11 is 0. The minimum atomic E-state index is -0.323. The van der Waals surface area contributed by atoms with Crippen LogP contribution in [-0.4, -0.2) is 29.7 Å². The number of hydrogen-bond acceptors (Lipinski definition) is 5. The molecular weight excluding hydrogens is 474 g/mol. The molecule has 0 unspecified atom stereocenters. The summed E-state index contributed by atoms with van der Waals surface area (Å²) in [6.45, 7) is 6.65. The number of hydrogen-bond donors (Lipinski definition) is 1. The maximum atomic E-state index is 12.3. The first kappa shape index (κ1) is 31.8. The van der Waals surface area contributed by atoms with Crippen molar-refractivity contribution in [3.63, 3.8) is 0 Å². The van der Waals surface area contributed by atoms with Gasteiger partial charge in [-0.1, -0.05) is 111 Å². The highest BCUT2D eigenvalue weighted by Gasteiger charge is 2.32. The topological polar surface area (TPSA) is 76.0 Å². The van der Waals surface area contributed by atoms with Crippen LogP contribution in [0.3, 0.4) is 0 Å². The van der Waals surface area contributed by atoms with Crippen LogP contribution in [0, 0.1) is 5.41 Å². The molecule has 1 N–H and O–H groups in total. The number of ether oxygens (including phenoxy) is 1. The zero-order valence-electron chi connectivity index (χ0n) is 24.2. The second-order valence-electron chi connectivity index (χ2n) is 11.7. The number of unbranched alkanes of at least 4 members (excludes halogenated alkanes) is 14. The first-order valence-corrected chi connectivity index (χ1v) is 15.1. The number of allylic oxidation sites excluding steroid dienone is 2. The van der Waals surface area contributed by atoms with Gasteiger partial charge in [-0.15, -0.1) is 0 Å². The van der Waals surface area contributed by atoms with E-state index < -0.39 is 0 Å². The van der Waals surface area contributed by atoms with Crippen molar-refractivity contribution < 1.29 is 19.4 Å². The summed E-state index contributed by atoms with van der Waals surface area (Å²) < 4.78 is 5.42. The molecule has 1 aliphatic rings. The lowest BCUT2D eigenvalue weighted by Gasteiger charge is -2.28. The Labute approximate surface area is 231 Å². The fourth-order valence-corrected chi connectivity index (χ4v) is 4.99. The monoisotopic (exact) mass is 525 g/mol. The minimum Gasteiger partial charge on any atom is -0.511 e. The Balaban J connectivity index is 1.52. The molecule has 0 aliphatic heterocycles. The third-order valence-corrected chi connectivity index (χ3v) is 7.32. The van der Waals surface area contributed by atoms with E-state index in [-0.39, 0.29) is 28.5 Å². The summed E-state index contributed by atoms with van der Waals surface area (Å²) in [5.41, 5.74) is 1.15.